The van der Waals surface area contributed by atoms with Crippen LogP contribution < -0.4 is 5.32 Å². The first-order valence-electron chi connectivity index (χ1n) is 10.00. The van der Waals surface area contributed by atoms with E-state index in [9.17, 15) is 9.59 Å². The Morgan fingerprint density at radius 2 is 1.69 bits per heavy atom. The Kier molecular flexibility index (Phi) is 4.62. The summed E-state index contributed by atoms with van der Waals surface area (Å²) in [6.07, 6.45) is 7.91. The van der Waals surface area contributed by atoms with Crippen molar-refractivity contribution < 1.29 is 9.59 Å². The molecule has 2 aliphatic rings. The van der Waals surface area contributed by atoms with Crippen LogP contribution in [0.1, 0.15) is 58.5 Å². The first-order chi connectivity index (χ1) is 14.1. The van der Waals surface area contributed by atoms with Gasteiger partial charge in [-0.3, -0.25) is 18.9 Å². The second-order valence-electron chi connectivity index (χ2n) is 7.70. The second kappa shape index (κ2) is 7.30. The maximum atomic E-state index is 12.8. The highest BCUT2D eigenvalue weighted by Gasteiger charge is 2.36. The molecule has 1 N–H and O–H groups in total. The van der Waals surface area contributed by atoms with Gasteiger partial charge in [0.05, 0.1) is 17.7 Å². The molecule has 1 aliphatic heterocycles. The number of imide groups is 1. The predicted octanol–water partition coefficient (Wildman–Crippen LogP) is 4.64. The van der Waals surface area contributed by atoms with Crippen molar-refractivity contribution in [1.29, 1.82) is 0 Å². The van der Waals surface area contributed by atoms with Crippen LogP contribution in [0.25, 0.3) is 5.65 Å². The number of rotatable bonds is 4. The van der Waals surface area contributed by atoms with Gasteiger partial charge in [0, 0.05) is 16.7 Å². The summed E-state index contributed by atoms with van der Waals surface area (Å²) in [4.78, 5) is 31.7. The lowest BCUT2D eigenvalue weighted by molar-refractivity contribution is 0.0641. The molecule has 0 atom stereocenters. The van der Waals surface area contributed by atoms with E-state index in [1.165, 1.54) is 24.2 Å². The first-order valence-corrected chi connectivity index (χ1v) is 10.8. The molecule has 1 saturated carbocycles. The number of imidazole rings is 1. The van der Waals surface area contributed by atoms with Crippen molar-refractivity contribution in [2.45, 2.75) is 44.7 Å². The van der Waals surface area contributed by atoms with Gasteiger partial charge in [-0.15, -0.1) is 0 Å². The number of anilines is 1. The summed E-state index contributed by atoms with van der Waals surface area (Å²) in [5.74, 6) is 0.352. The number of fused-ring (bicyclic) bond motifs is 2. The average molecular weight is 453 g/mol. The van der Waals surface area contributed by atoms with Gasteiger partial charge in [-0.05, 0) is 53.0 Å². The molecule has 5 rings (SSSR count). The molecule has 3 aromatic rings. The number of hydrogen-bond donors (Lipinski definition) is 1. The van der Waals surface area contributed by atoms with Crippen LogP contribution in [-0.2, 0) is 6.54 Å². The van der Waals surface area contributed by atoms with Gasteiger partial charge in [0.2, 0.25) is 0 Å². The molecule has 0 radical (unpaired) electrons. The third-order valence-electron chi connectivity index (χ3n) is 5.79. The molecule has 6 nitrogen and oxygen atoms in total. The topological polar surface area (TPSA) is 66.7 Å². The molecule has 1 aliphatic carbocycles. The molecule has 0 spiro atoms. The minimum absolute atomic E-state index is 0.153. The summed E-state index contributed by atoms with van der Waals surface area (Å²) < 4.78 is 2.95. The molecular weight excluding hydrogens is 432 g/mol. The molecule has 0 bridgehead atoms. The Balaban J connectivity index is 1.52. The normalized spacial score (nSPS) is 17.2. The highest BCUT2D eigenvalue weighted by atomic mass is 79.9. The van der Waals surface area contributed by atoms with Crippen molar-refractivity contribution in [2.24, 2.45) is 0 Å². The summed E-state index contributed by atoms with van der Waals surface area (Å²) in [6, 6.07) is 11.2. The van der Waals surface area contributed by atoms with Crippen LogP contribution in [0.15, 0.2) is 47.1 Å². The van der Waals surface area contributed by atoms with Gasteiger partial charge >= 0.3 is 0 Å². The van der Waals surface area contributed by atoms with Gasteiger partial charge in [-0.2, -0.15) is 0 Å². The van der Waals surface area contributed by atoms with Gasteiger partial charge in [0.15, 0.2) is 0 Å². The highest BCUT2D eigenvalue weighted by Crippen LogP contribution is 2.30. The van der Waals surface area contributed by atoms with Crippen LogP contribution in [0.2, 0.25) is 0 Å². The number of carbonyl (C=O) groups excluding carboxylic acids is 2. The summed E-state index contributed by atoms with van der Waals surface area (Å²) >= 11 is 3.53. The standard InChI is InChI=1S/C22H21BrN4O2/c23-14-10-11-19-25-18(20(26(19)12-14)24-15-6-2-1-3-7-15)13-27-21(28)16-8-4-5-9-17(16)22(27)29/h4-5,8-12,15,24H,1-3,6-7,13H2. The van der Waals surface area contributed by atoms with Crippen molar-refractivity contribution in [1.82, 2.24) is 14.3 Å². The number of nitrogens with one attached hydrogen (secondary N) is 1. The lowest BCUT2D eigenvalue weighted by Crippen LogP contribution is -2.30. The van der Waals surface area contributed by atoms with Crippen LogP contribution >= 0.6 is 15.9 Å². The third kappa shape index (κ3) is 3.23. The monoisotopic (exact) mass is 452 g/mol. The second-order valence-corrected chi connectivity index (χ2v) is 8.62. The lowest BCUT2D eigenvalue weighted by atomic mass is 9.95. The number of pyridine rings is 1. The zero-order valence-corrected chi connectivity index (χ0v) is 17.5. The third-order valence-corrected chi connectivity index (χ3v) is 6.26. The molecule has 0 saturated heterocycles. The van der Waals surface area contributed by atoms with Crippen LogP contribution in [-0.4, -0.2) is 32.1 Å². The van der Waals surface area contributed by atoms with Gasteiger partial charge in [0.25, 0.3) is 11.8 Å². The maximum absolute atomic E-state index is 12.8. The molecule has 29 heavy (non-hydrogen) atoms. The molecule has 1 fully saturated rings. The smallest absolute Gasteiger partial charge is 0.261 e. The number of carbonyl (C=O) groups is 2. The highest BCUT2D eigenvalue weighted by molar-refractivity contribution is 9.10. The van der Waals surface area contributed by atoms with Gasteiger partial charge < -0.3 is 5.32 Å². The number of benzene rings is 1. The predicted molar refractivity (Wildman–Crippen MR) is 114 cm³/mol. The molecule has 2 aromatic heterocycles. The lowest BCUT2D eigenvalue weighted by Gasteiger charge is -2.24. The van der Waals surface area contributed by atoms with Crippen molar-refractivity contribution in [3.8, 4) is 0 Å². The quantitative estimate of drug-likeness (QED) is 0.585. The molecule has 148 valence electrons. The molecule has 1 aromatic carbocycles. The number of aromatic nitrogens is 2. The van der Waals surface area contributed by atoms with E-state index in [4.69, 9.17) is 4.98 Å². The Hall–Kier alpha value is -2.67. The van der Waals surface area contributed by atoms with Crippen molar-refractivity contribution >= 4 is 39.2 Å². The van der Waals surface area contributed by atoms with Crippen LogP contribution in [0.3, 0.4) is 0 Å². The zero-order chi connectivity index (χ0) is 20.0. The van der Waals surface area contributed by atoms with Crippen molar-refractivity contribution in [3.63, 3.8) is 0 Å². The Labute approximate surface area is 177 Å². The van der Waals surface area contributed by atoms with E-state index in [1.54, 1.807) is 24.3 Å². The minimum atomic E-state index is -0.257. The number of halogens is 1. The fourth-order valence-corrected chi connectivity index (χ4v) is 4.64. The molecular formula is C22H21BrN4O2. The van der Waals surface area contributed by atoms with E-state index in [-0.39, 0.29) is 18.4 Å². The van der Waals surface area contributed by atoms with Gasteiger partial charge in [0.1, 0.15) is 17.2 Å². The van der Waals surface area contributed by atoms with E-state index in [1.807, 2.05) is 22.7 Å². The van der Waals surface area contributed by atoms with Crippen molar-refractivity contribution in [2.75, 3.05) is 5.32 Å². The van der Waals surface area contributed by atoms with E-state index in [2.05, 4.69) is 21.2 Å². The van der Waals surface area contributed by atoms with E-state index in [0.717, 1.165) is 28.8 Å². The SMILES string of the molecule is O=C1c2ccccc2C(=O)N1Cc1nc2ccc(Br)cn2c1NC1CCCCC1. The number of nitrogens with zero attached hydrogens (tertiary/aromatic N) is 3. The van der Waals surface area contributed by atoms with Gasteiger partial charge in [-0.25, -0.2) is 4.98 Å². The largest absolute Gasteiger partial charge is 0.367 e. The zero-order valence-electron chi connectivity index (χ0n) is 15.9. The van der Waals surface area contributed by atoms with Crippen LogP contribution in [0.4, 0.5) is 5.82 Å². The maximum Gasteiger partial charge on any atom is 0.261 e. The fraction of sp³-hybridized carbons (Fsp3) is 0.318. The molecule has 7 heteroatoms. The Bertz CT molecular complexity index is 1080. The summed E-state index contributed by atoms with van der Waals surface area (Å²) in [5, 5.41) is 3.65. The van der Waals surface area contributed by atoms with Crippen LogP contribution in [0, 0.1) is 0 Å². The van der Waals surface area contributed by atoms with Crippen LogP contribution in [0.5, 0.6) is 0 Å². The summed E-state index contributed by atoms with van der Waals surface area (Å²) in [5.41, 5.74) is 2.43. The number of amides is 2. The molecule has 0 unspecified atom stereocenters. The minimum Gasteiger partial charge on any atom is -0.367 e. The Morgan fingerprint density at radius 1 is 1.00 bits per heavy atom. The summed E-state index contributed by atoms with van der Waals surface area (Å²) in [7, 11) is 0. The first kappa shape index (κ1) is 18.4. The van der Waals surface area contributed by atoms with E-state index < -0.39 is 0 Å². The fourth-order valence-electron chi connectivity index (χ4n) is 4.30. The molecule has 3 heterocycles. The Morgan fingerprint density at radius 3 is 2.38 bits per heavy atom. The summed E-state index contributed by atoms with van der Waals surface area (Å²) in [6.45, 7) is 0.153. The number of hydrogen-bond acceptors (Lipinski definition) is 4. The van der Waals surface area contributed by atoms with E-state index >= 15 is 0 Å². The van der Waals surface area contributed by atoms with Gasteiger partial charge in [-0.1, -0.05) is 31.4 Å². The van der Waals surface area contributed by atoms with E-state index in [0.29, 0.717) is 22.9 Å². The average Bonchev–Trinajstić information content (AvgIpc) is 3.19. The van der Waals surface area contributed by atoms with Crippen molar-refractivity contribution in [3.05, 3.63) is 63.9 Å². The molecule has 2 amide bonds.